The minimum absolute atomic E-state index is 0.159. The van der Waals surface area contributed by atoms with Crippen molar-refractivity contribution in [3.05, 3.63) is 0 Å². The van der Waals surface area contributed by atoms with Gasteiger partial charge in [-0.15, -0.1) is 0 Å². The molecular weight excluding hydrogens is 198 g/mol. The number of aliphatic carboxylic acids is 1. The largest absolute Gasteiger partial charge is 0.479 e. The van der Waals surface area contributed by atoms with Crippen molar-refractivity contribution in [2.45, 2.75) is 33.3 Å². The molecule has 0 fully saturated rings. The molecule has 5 nitrogen and oxygen atoms in total. The van der Waals surface area contributed by atoms with Gasteiger partial charge in [-0.25, -0.2) is 4.79 Å². The van der Waals surface area contributed by atoms with Gasteiger partial charge < -0.3 is 15.6 Å². The monoisotopic (exact) mass is 217 g/mol. The molecule has 0 aromatic heterocycles. The molecular formula is C10H19NO4. The van der Waals surface area contributed by atoms with Crippen LogP contribution < -0.4 is 5.73 Å². The standard InChI is InChI=1S/C10H19NO4/c1-6(2)4-8(9(12)13)15-10(14)7(3)5-11/h6-8H,4-5,11H2,1-3H3,(H,12,13). The van der Waals surface area contributed by atoms with Crippen molar-refractivity contribution in [2.75, 3.05) is 6.54 Å². The highest BCUT2D eigenvalue weighted by molar-refractivity contribution is 5.79. The smallest absolute Gasteiger partial charge is 0.345 e. The molecule has 0 aliphatic rings. The third-order valence-corrected chi connectivity index (χ3v) is 1.98. The van der Waals surface area contributed by atoms with Crippen molar-refractivity contribution < 1.29 is 19.4 Å². The molecule has 0 rings (SSSR count). The summed E-state index contributed by atoms with van der Waals surface area (Å²) < 4.78 is 4.86. The highest BCUT2D eigenvalue weighted by Gasteiger charge is 2.25. The van der Waals surface area contributed by atoms with Gasteiger partial charge in [0.25, 0.3) is 0 Å². The van der Waals surface area contributed by atoms with Crippen LogP contribution in [0.4, 0.5) is 0 Å². The van der Waals surface area contributed by atoms with Crippen LogP contribution in [-0.4, -0.2) is 29.7 Å². The van der Waals surface area contributed by atoms with Crippen molar-refractivity contribution in [3.8, 4) is 0 Å². The number of carboxylic acids is 1. The van der Waals surface area contributed by atoms with E-state index < -0.39 is 24.0 Å². The molecule has 0 saturated heterocycles. The summed E-state index contributed by atoms with van der Waals surface area (Å²) >= 11 is 0. The molecule has 15 heavy (non-hydrogen) atoms. The Morgan fingerprint density at radius 3 is 2.20 bits per heavy atom. The Morgan fingerprint density at radius 2 is 1.87 bits per heavy atom. The second-order valence-electron chi connectivity index (χ2n) is 4.03. The minimum Gasteiger partial charge on any atom is -0.479 e. The predicted molar refractivity (Wildman–Crippen MR) is 55.2 cm³/mol. The average Bonchev–Trinajstić information content (AvgIpc) is 2.14. The van der Waals surface area contributed by atoms with Crippen LogP contribution in [0.25, 0.3) is 0 Å². The van der Waals surface area contributed by atoms with Gasteiger partial charge in [0.2, 0.25) is 0 Å². The van der Waals surface area contributed by atoms with Crippen molar-refractivity contribution in [1.82, 2.24) is 0 Å². The molecule has 0 saturated carbocycles. The van der Waals surface area contributed by atoms with Crippen LogP contribution >= 0.6 is 0 Å². The Hall–Kier alpha value is -1.10. The van der Waals surface area contributed by atoms with Gasteiger partial charge in [-0.05, 0) is 12.3 Å². The summed E-state index contributed by atoms with van der Waals surface area (Å²) in [5.74, 6) is -1.96. The van der Waals surface area contributed by atoms with Crippen molar-refractivity contribution in [1.29, 1.82) is 0 Å². The highest BCUT2D eigenvalue weighted by Crippen LogP contribution is 2.10. The molecule has 2 atom stereocenters. The first-order chi connectivity index (χ1) is 6.88. The number of hydrogen-bond donors (Lipinski definition) is 2. The van der Waals surface area contributed by atoms with Crippen molar-refractivity contribution in [3.63, 3.8) is 0 Å². The topological polar surface area (TPSA) is 89.6 Å². The summed E-state index contributed by atoms with van der Waals surface area (Å²) in [5, 5.41) is 8.82. The average molecular weight is 217 g/mol. The Labute approximate surface area is 89.6 Å². The summed E-state index contributed by atoms with van der Waals surface area (Å²) in [6, 6.07) is 0. The number of carbonyl (C=O) groups excluding carboxylic acids is 1. The minimum atomic E-state index is -1.11. The van der Waals surface area contributed by atoms with Crippen LogP contribution in [0.15, 0.2) is 0 Å². The molecule has 5 heteroatoms. The van der Waals surface area contributed by atoms with Crippen LogP contribution in [-0.2, 0) is 14.3 Å². The van der Waals surface area contributed by atoms with E-state index in [0.29, 0.717) is 6.42 Å². The lowest BCUT2D eigenvalue weighted by Crippen LogP contribution is -2.32. The van der Waals surface area contributed by atoms with Crippen molar-refractivity contribution >= 4 is 11.9 Å². The number of nitrogens with two attached hydrogens (primary N) is 1. The Morgan fingerprint density at radius 1 is 1.33 bits per heavy atom. The van der Waals surface area contributed by atoms with E-state index in [1.165, 1.54) is 0 Å². The van der Waals surface area contributed by atoms with Gasteiger partial charge in [-0.3, -0.25) is 4.79 Å². The summed E-state index contributed by atoms with van der Waals surface area (Å²) in [7, 11) is 0. The fraction of sp³-hybridized carbons (Fsp3) is 0.800. The van der Waals surface area contributed by atoms with Crippen LogP contribution in [0.1, 0.15) is 27.2 Å². The lowest BCUT2D eigenvalue weighted by Gasteiger charge is -2.17. The molecule has 0 radical (unpaired) electrons. The zero-order valence-electron chi connectivity index (χ0n) is 9.40. The lowest BCUT2D eigenvalue weighted by molar-refractivity contribution is -0.167. The maximum Gasteiger partial charge on any atom is 0.345 e. The first kappa shape index (κ1) is 13.9. The molecule has 0 spiro atoms. The summed E-state index contributed by atoms with van der Waals surface area (Å²) in [5.41, 5.74) is 5.28. The maximum atomic E-state index is 11.3. The Balaban J connectivity index is 4.29. The molecule has 0 heterocycles. The Bertz CT molecular complexity index is 227. The first-order valence-electron chi connectivity index (χ1n) is 5.01. The molecule has 88 valence electrons. The second-order valence-corrected chi connectivity index (χ2v) is 4.03. The quantitative estimate of drug-likeness (QED) is 0.637. The summed E-state index contributed by atoms with van der Waals surface area (Å²) in [6.45, 7) is 5.51. The van der Waals surface area contributed by atoms with Crippen LogP contribution in [0.2, 0.25) is 0 Å². The normalized spacial score (nSPS) is 14.7. The highest BCUT2D eigenvalue weighted by atomic mass is 16.6. The molecule has 0 aromatic rings. The van der Waals surface area contributed by atoms with Gasteiger partial charge in [0.15, 0.2) is 6.10 Å². The van der Waals surface area contributed by atoms with Gasteiger partial charge >= 0.3 is 11.9 Å². The van der Waals surface area contributed by atoms with E-state index in [0.717, 1.165) is 0 Å². The summed E-state index contributed by atoms with van der Waals surface area (Å²) in [4.78, 5) is 22.1. The Kier molecular flexibility index (Phi) is 5.93. The second kappa shape index (κ2) is 6.40. The number of carboxylic acid groups (broad SMARTS) is 1. The van der Waals surface area contributed by atoms with E-state index in [4.69, 9.17) is 15.6 Å². The molecule has 2 unspecified atom stereocenters. The molecule has 0 aromatic carbocycles. The van der Waals surface area contributed by atoms with Gasteiger partial charge in [0.05, 0.1) is 5.92 Å². The summed E-state index contributed by atoms with van der Waals surface area (Å²) in [6.07, 6.45) is -0.746. The number of hydrogen-bond acceptors (Lipinski definition) is 4. The van der Waals surface area contributed by atoms with Gasteiger partial charge in [0.1, 0.15) is 0 Å². The number of ether oxygens (including phenoxy) is 1. The lowest BCUT2D eigenvalue weighted by atomic mass is 10.1. The third kappa shape index (κ3) is 5.37. The molecule has 0 aliphatic carbocycles. The first-order valence-corrected chi connectivity index (χ1v) is 5.01. The molecule has 0 bridgehead atoms. The zero-order chi connectivity index (χ0) is 12.0. The molecule has 0 amide bonds. The van der Waals surface area contributed by atoms with E-state index in [9.17, 15) is 9.59 Å². The van der Waals surface area contributed by atoms with E-state index in [1.54, 1.807) is 6.92 Å². The van der Waals surface area contributed by atoms with Crippen LogP contribution in [0.5, 0.6) is 0 Å². The number of esters is 1. The maximum absolute atomic E-state index is 11.3. The molecule has 0 aliphatic heterocycles. The van der Waals surface area contributed by atoms with Gasteiger partial charge in [-0.2, -0.15) is 0 Å². The molecule has 3 N–H and O–H groups in total. The third-order valence-electron chi connectivity index (χ3n) is 1.98. The SMILES string of the molecule is CC(C)CC(OC(=O)C(C)CN)C(=O)O. The van der Waals surface area contributed by atoms with E-state index >= 15 is 0 Å². The van der Waals surface area contributed by atoms with Crippen LogP contribution in [0, 0.1) is 11.8 Å². The van der Waals surface area contributed by atoms with E-state index in [1.807, 2.05) is 13.8 Å². The fourth-order valence-electron chi connectivity index (χ4n) is 0.980. The predicted octanol–water partition coefficient (Wildman–Crippen LogP) is 0.624. The van der Waals surface area contributed by atoms with E-state index in [2.05, 4.69) is 0 Å². The van der Waals surface area contributed by atoms with Crippen LogP contribution in [0.3, 0.4) is 0 Å². The number of rotatable bonds is 6. The van der Waals surface area contributed by atoms with Gasteiger partial charge in [0, 0.05) is 6.54 Å². The van der Waals surface area contributed by atoms with Gasteiger partial charge in [-0.1, -0.05) is 20.8 Å². The number of carbonyl (C=O) groups is 2. The van der Waals surface area contributed by atoms with Crippen molar-refractivity contribution in [2.24, 2.45) is 17.6 Å². The van der Waals surface area contributed by atoms with E-state index in [-0.39, 0.29) is 12.5 Å². The zero-order valence-corrected chi connectivity index (χ0v) is 9.40. The fourth-order valence-corrected chi connectivity index (χ4v) is 0.980.